The average Bonchev–Trinajstić information content (AvgIpc) is 3.14. The van der Waals surface area contributed by atoms with Crippen LogP contribution in [-0.2, 0) is 17.7 Å². The molecule has 2 atom stereocenters. The molecule has 136 valence electrons. The minimum absolute atomic E-state index is 0.254. The van der Waals surface area contributed by atoms with Crippen molar-refractivity contribution in [1.29, 1.82) is 0 Å². The van der Waals surface area contributed by atoms with E-state index in [2.05, 4.69) is 27.0 Å². The Balaban J connectivity index is 1.52. The van der Waals surface area contributed by atoms with Gasteiger partial charge in [-0.05, 0) is 38.2 Å². The Kier molecular flexibility index (Phi) is 5.78. The topological polar surface area (TPSA) is 54.6 Å². The van der Waals surface area contributed by atoms with Crippen LogP contribution in [-0.4, -0.2) is 66.4 Å². The molecule has 7 heteroatoms. The van der Waals surface area contributed by atoms with Crippen molar-refractivity contribution in [3.8, 4) is 0 Å². The van der Waals surface area contributed by atoms with Crippen molar-refractivity contribution in [1.82, 2.24) is 19.9 Å². The zero-order valence-corrected chi connectivity index (χ0v) is 15.0. The van der Waals surface area contributed by atoms with Crippen molar-refractivity contribution in [2.24, 2.45) is 0 Å². The Labute approximate surface area is 147 Å². The van der Waals surface area contributed by atoms with Gasteiger partial charge in [0.1, 0.15) is 5.82 Å². The van der Waals surface area contributed by atoms with Crippen LogP contribution in [0.15, 0.2) is 28.8 Å². The van der Waals surface area contributed by atoms with E-state index in [-0.39, 0.29) is 5.82 Å². The average molecular weight is 348 g/mol. The number of halogens is 1. The van der Waals surface area contributed by atoms with E-state index in [4.69, 9.17) is 9.26 Å². The number of benzene rings is 1. The molecule has 0 aliphatic carbocycles. The maximum Gasteiger partial charge on any atom is 0.240 e. The summed E-state index contributed by atoms with van der Waals surface area (Å²) in [4.78, 5) is 8.93. The zero-order chi connectivity index (χ0) is 17.8. The Morgan fingerprint density at radius 1 is 1.44 bits per heavy atom. The van der Waals surface area contributed by atoms with Crippen LogP contribution < -0.4 is 0 Å². The summed E-state index contributed by atoms with van der Waals surface area (Å²) in [5.74, 6) is 0.903. The molecule has 6 nitrogen and oxygen atoms in total. The number of nitrogens with zero attached hydrogens (tertiary/aromatic N) is 4. The lowest BCUT2D eigenvalue weighted by molar-refractivity contribution is 0.111. The lowest BCUT2D eigenvalue weighted by Gasteiger charge is -2.24. The van der Waals surface area contributed by atoms with E-state index in [0.717, 1.165) is 25.1 Å². The molecule has 0 bridgehead atoms. The first kappa shape index (κ1) is 18.0. The fourth-order valence-corrected chi connectivity index (χ4v) is 3.32. The van der Waals surface area contributed by atoms with E-state index in [1.165, 1.54) is 12.1 Å². The molecule has 1 aliphatic heterocycles. The first-order valence-electron chi connectivity index (χ1n) is 8.51. The second-order valence-electron chi connectivity index (χ2n) is 6.79. The highest BCUT2D eigenvalue weighted by atomic mass is 19.1. The van der Waals surface area contributed by atoms with Gasteiger partial charge in [-0.2, -0.15) is 4.98 Å². The summed E-state index contributed by atoms with van der Waals surface area (Å²) in [5, 5.41) is 4.00. The fourth-order valence-electron chi connectivity index (χ4n) is 3.32. The molecular weight excluding hydrogens is 323 g/mol. The second kappa shape index (κ2) is 8.03. The fraction of sp³-hybridized carbons (Fsp3) is 0.556. The van der Waals surface area contributed by atoms with Gasteiger partial charge in [-0.1, -0.05) is 17.3 Å². The van der Waals surface area contributed by atoms with E-state index >= 15 is 0 Å². The first-order valence-corrected chi connectivity index (χ1v) is 8.51. The molecule has 1 aromatic heterocycles. The number of methoxy groups -OCH3 is 1. The number of aromatic nitrogens is 2. The normalized spacial score (nSPS) is 21.3. The van der Waals surface area contributed by atoms with Crippen molar-refractivity contribution in [2.45, 2.75) is 31.5 Å². The summed E-state index contributed by atoms with van der Waals surface area (Å²) >= 11 is 0. The van der Waals surface area contributed by atoms with Gasteiger partial charge in [-0.25, -0.2) is 4.39 Å². The van der Waals surface area contributed by atoms with Crippen molar-refractivity contribution in [2.75, 3.05) is 34.3 Å². The zero-order valence-electron chi connectivity index (χ0n) is 15.0. The number of ether oxygens (including phenoxy) is 1. The van der Waals surface area contributed by atoms with E-state index in [1.54, 1.807) is 13.2 Å². The molecule has 2 heterocycles. The summed E-state index contributed by atoms with van der Waals surface area (Å²) in [5.41, 5.74) is 0.832. The van der Waals surface area contributed by atoms with Gasteiger partial charge in [-0.3, -0.25) is 9.80 Å². The molecule has 1 aliphatic rings. The van der Waals surface area contributed by atoms with Gasteiger partial charge < -0.3 is 9.26 Å². The van der Waals surface area contributed by atoms with Crippen molar-refractivity contribution in [3.63, 3.8) is 0 Å². The van der Waals surface area contributed by atoms with Gasteiger partial charge in [0.15, 0.2) is 5.82 Å². The summed E-state index contributed by atoms with van der Waals surface area (Å²) in [6.07, 6.45) is 1.81. The van der Waals surface area contributed by atoms with Crippen LogP contribution in [0.1, 0.15) is 23.7 Å². The lowest BCUT2D eigenvalue weighted by atomic mass is 10.1. The molecule has 1 fully saturated rings. The maximum absolute atomic E-state index is 13.2. The van der Waals surface area contributed by atoms with Gasteiger partial charge in [0.25, 0.3) is 0 Å². The molecule has 1 saturated heterocycles. The van der Waals surface area contributed by atoms with Gasteiger partial charge >= 0.3 is 0 Å². The second-order valence-corrected chi connectivity index (χ2v) is 6.79. The van der Waals surface area contributed by atoms with Crippen molar-refractivity contribution in [3.05, 3.63) is 47.4 Å². The number of likely N-dealkylation sites (N-methyl/N-ethyl adjacent to an activating group) is 2. The molecule has 0 radical (unpaired) electrons. The van der Waals surface area contributed by atoms with Gasteiger partial charge in [-0.15, -0.1) is 0 Å². The molecule has 3 rings (SSSR count). The van der Waals surface area contributed by atoms with E-state index in [1.807, 2.05) is 13.1 Å². The van der Waals surface area contributed by atoms with E-state index < -0.39 is 0 Å². The number of likely N-dealkylation sites (tertiary alicyclic amines) is 1. The molecule has 0 unspecified atom stereocenters. The molecule has 0 amide bonds. The third kappa shape index (κ3) is 4.84. The quantitative estimate of drug-likeness (QED) is 0.762. The number of rotatable bonds is 7. The Morgan fingerprint density at radius 2 is 2.28 bits per heavy atom. The lowest BCUT2D eigenvalue weighted by Crippen LogP contribution is -2.36. The predicted molar refractivity (Wildman–Crippen MR) is 91.7 cm³/mol. The number of hydrogen-bond donors (Lipinski definition) is 0. The highest BCUT2D eigenvalue weighted by Gasteiger charge is 2.30. The molecule has 0 spiro atoms. The highest BCUT2D eigenvalue weighted by molar-refractivity contribution is 5.19. The molecule has 0 saturated carbocycles. The van der Waals surface area contributed by atoms with Crippen LogP contribution in [0.4, 0.5) is 4.39 Å². The van der Waals surface area contributed by atoms with Crippen molar-refractivity contribution >= 4 is 0 Å². The SMILES string of the molecule is CO[C@H]1C[C@@H](CN(C)Cc2nc(Cc3cccc(F)c3)no2)N(C)C1. The Morgan fingerprint density at radius 3 is 3.00 bits per heavy atom. The predicted octanol–water partition coefficient (Wildman–Crippen LogP) is 1.95. The van der Waals surface area contributed by atoms with Crippen LogP contribution in [0.2, 0.25) is 0 Å². The van der Waals surface area contributed by atoms with Crippen LogP contribution in [0, 0.1) is 5.82 Å². The van der Waals surface area contributed by atoms with Crippen LogP contribution in [0.5, 0.6) is 0 Å². The summed E-state index contributed by atoms with van der Waals surface area (Å²) in [7, 11) is 5.94. The van der Waals surface area contributed by atoms with Crippen molar-refractivity contribution < 1.29 is 13.7 Å². The molecule has 25 heavy (non-hydrogen) atoms. The number of hydrogen-bond acceptors (Lipinski definition) is 6. The summed E-state index contributed by atoms with van der Waals surface area (Å²) < 4.78 is 24.0. The summed E-state index contributed by atoms with van der Waals surface area (Å²) in [6, 6.07) is 6.92. The molecular formula is C18H25FN4O2. The smallest absolute Gasteiger partial charge is 0.240 e. The Bertz CT molecular complexity index is 693. The van der Waals surface area contributed by atoms with Crippen LogP contribution in [0.25, 0.3) is 0 Å². The van der Waals surface area contributed by atoms with Crippen LogP contribution in [0.3, 0.4) is 0 Å². The highest BCUT2D eigenvalue weighted by Crippen LogP contribution is 2.19. The monoisotopic (exact) mass is 348 g/mol. The van der Waals surface area contributed by atoms with Gasteiger partial charge in [0.2, 0.25) is 5.89 Å². The Hall–Kier alpha value is -1.83. The van der Waals surface area contributed by atoms with E-state index in [9.17, 15) is 4.39 Å². The maximum atomic E-state index is 13.2. The van der Waals surface area contributed by atoms with E-state index in [0.29, 0.717) is 36.8 Å². The minimum atomic E-state index is -0.254. The largest absolute Gasteiger partial charge is 0.380 e. The van der Waals surface area contributed by atoms with Gasteiger partial charge in [0, 0.05) is 32.7 Å². The molecule has 2 aromatic rings. The van der Waals surface area contributed by atoms with Gasteiger partial charge in [0.05, 0.1) is 12.6 Å². The first-order chi connectivity index (χ1) is 12.0. The molecule has 1 aromatic carbocycles. The molecule has 0 N–H and O–H groups in total. The van der Waals surface area contributed by atoms with Crippen LogP contribution >= 0.6 is 0 Å². The standard InChI is InChI=1S/C18H25FN4O2/c1-22(10-15-9-16(24-3)11-23(15)2)12-18-20-17(21-25-18)8-13-5-4-6-14(19)7-13/h4-7,15-16H,8-12H2,1-3H3/t15-,16-/m0/s1. The third-order valence-corrected chi connectivity index (χ3v) is 4.67. The summed E-state index contributed by atoms with van der Waals surface area (Å²) in [6.45, 7) is 2.48. The third-order valence-electron chi connectivity index (χ3n) is 4.67. The minimum Gasteiger partial charge on any atom is -0.380 e.